The second-order valence-electron chi connectivity index (χ2n) is 6.30. The minimum absolute atomic E-state index is 0.0404. The van der Waals surface area contributed by atoms with E-state index in [2.05, 4.69) is 65.5 Å². The number of nitrogens with two attached hydrogens (primary N) is 1. The van der Waals surface area contributed by atoms with Crippen LogP contribution in [0.2, 0.25) is 0 Å². The van der Waals surface area contributed by atoms with Crippen LogP contribution >= 0.6 is 15.9 Å². The monoisotopic (exact) mass is 389 g/mol. The van der Waals surface area contributed by atoms with E-state index < -0.39 is 0 Å². The van der Waals surface area contributed by atoms with Crippen molar-refractivity contribution in [2.75, 3.05) is 11.9 Å². The molecule has 2 aromatic carbocycles. The molecule has 0 aliphatic heterocycles. The molecule has 0 fully saturated rings. The number of carbonyl (C=O) groups is 1. The lowest BCUT2D eigenvalue weighted by Crippen LogP contribution is -2.87. The number of para-hydroxylation sites is 1. The SMILES string of the molecule is CC[C@@H]([NH2+]CC(=O)Nc1ccccc1C(C)C)c1ccc(Br)cc1. The van der Waals surface area contributed by atoms with Crippen molar-refractivity contribution >= 4 is 27.5 Å². The van der Waals surface area contributed by atoms with Crippen LogP contribution in [0.4, 0.5) is 5.69 Å². The molecule has 1 atom stereocenters. The number of anilines is 1. The van der Waals surface area contributed by atoms with E-state index in [0.717, 1.165) is 16.6 Å². The molecule has 1 amide bonds. The third kappa shape index (κ3) is 5.18. The summed E-state index contributed by atoms with van der Waals surface area (Å²) in [5.74, 6) is 0.426. The number of rotatable bonds is 7. The summed E-state index contributed by atoms with van der Waals surface area (Å²) in [7, 11) is 0. The smallest absolute Gasteiger partial charge is 0.279 e. The summed E-state index contributed by atoms with van der Waals surface area (Å²) in [5.41, 5.74) is 3.34. The molecule has 128 valence electrons. The zero-order chi connectivity index (χ0) is 17.5. The molecule has 4 heteroatoms. The molecule has 2 rings (SSSR count). The van der Waals surface area contributed by atoms with Crippen molar-refractivity contribution in [2.24, 2.45) is 0 Å². The van der Waals surface area contributed by atoms with Crippen molar-refractivity contribution in [1.29, 1.82) is 0 Å². The normalized spacial score (nSPS) is 12.2. The molecule has 0 aliphatic carbocycles. The first-order valence-corrected chi connectivity index (χ1v) is 9.28. The van der Waals surface area contributed by atoms with Crippen LogP contribution in [0.25, 0.3) is 0 Å². The molecule has 24 heavy (non-hydrogen) atoms. The molecular weight excluding hydrogens is 364 g/mol. The molecule has 0 aromatic heterocycles. The third-order valence-electron chi connectivity index (χ3n) is 4.18. The summed E-state index contributed by atoms with van der Waals surface area (Å²) < 4.78 is 1.07. The van der Waals surface area contributed by atoms with E-state index in [0.29, 0.717) is 18.5 Å². The average molecular weight is 390 g/mol. The molecule has 0 heterocycles. The molecule has 0 saturated heterocycles. The lowest BCUT2D eigenvalue weighted by atomic mass is 10.0. The zero-order valence-electron chi connectivity index (χ0n) is 14.6. The van der Waals surface area contributed by atoms with Crippen molar-refractivity contribution in [3.05, 3.63) is 64.1 Å². The van der Waals surface area contributed by atoms with Crippen LogP contribution < -0.4 is 10.6 Å². The van der Waals surface area contributed by atoms with E-state index in [1.165, 1.54) is 11.1 Å². The van der Waals surface area contributed by atoms with Crippen molar-refractivity contribution in [3.63, 3.8) is 0 Å². The summed E-state index contributed by atoms with van der Waals surface area (Å²) in [6.45, 7) is 6.84. The van der Waals surface area contributed by atoms with E-state index in [4.69, 9.17) is 0 Å². The molecule has 0 radical (unpaired) electrons. The Bertz CT molecular complexity index is 668. The highest BCUT2D eigenvalue weighted by Gasteiger charge is 2.15. The minimum Gasteiger partial charge on any atom is -0.332 e. The summed E-state index contributed by atoms with van der Waals surface area (Å²) in [6.07, 6.45) is 0.984. The lowest BCUT2D eigenvalue weighted by molar-refractivity contribution is -0.686. The molecule has 3 N–H and O–H groups in total. The second kappa shape index (κ2) is 9.00. The zero-order valence-corrected chi connectivity index (χ0v) is 16.1. The highest BCUT2D eigenvalue weighted by atomic mass is 79.9. The van der Waals surface area contributed by atoms with E-state index >= 15 is 0 Å². The molecule has 0 aliphatic rings. The van der Waals surface area contributed by atoms with Crippen LogP contribution in [-0.4, -0.2) is 12.5 Å². The Labute approximate surface area is 153 Å². The second-order valence-corrected chi connectivity index (χ2v) is 7.21. The number of quaternary nitrogens is 1. The van der Waals surface area contributed by atoms with Gasteiger partial charge in [-0.05, 0) is 29.7 Å². The number of carbonyl (C=O) groups excluding carboxylic acids is 1. The standard InChI is InChI=1S/C20H25BrN2O/c1-4-18(15-9-11-16(21)12-10-15)22-13-20(24)23-19-8-6-5-7-17(19)14(2)3/h5-12,14,18,22H,4,13H2,1-3H3,(H,23,24)/p+1/t18-/m1/s1. The van der Waals surface area contributed by atoms with Gasteiger partial charge in [-0.1, -0.05) is 67.0 Å². The van der Waals surface area contributed by atoms with Gasteiger partial charge in [0, 0.05) is 22.1 Å². The number of benzene rings is 2. The fourth-order valence-electron chi connectivity index (χ4n) is 2.81. The maximum Gasteiger partial charge on any atom is 0.279 e. The third-order valence-corrected chi connectivity index (χ3v) is 4.71. The number of halogens is 1. The van der Waals surface area contributed by atoms with Gasteiger partial charge in [0.05, 0.1) is 0 Å². The van der Waals surface area contributed by atoms with Crippen LogP contribution in [0.5, 0.6) is 0 Å². The van der Waals surface area contributed by atoms with Crippen LogP contribution in [0.1, 0.15) is 50.3 Å². The van der Waals surface area contributed by atoms with Crippen LogP contribution in [-0.2, 0) is 4.79 Å². The van der Waals surface area contributed by atoms with Crippen LogP contribution in [0, 0.1) is 0 Å². The van der Waals surface area contributed by atoms with Gasteiger partial charge in [-0.2, -0.15) is 0 Å². The molecule has 0 spiro atoms. The number of nitrogens with one attached hydrogen (secondary N) is 1. The molecule has 0 bridgehead atoms. The number of hydrogen-bond donors (Lipinski definition) is 2. The number of amides is 1. The van der Waals surface area contributed by atoms with Crippen molar-refractivity contribution in [3.8, 4) is 0 Å². The average Bonchev–Trinajstić information content (AvgIpc) is 2.57. The van der Waals surface area contributed by atoms with Gasteiger partial charge in [0.25, 0.3) is 5.91 Å². The Kier molecular flexibility index (Phi) is 7.00. The largest absolute Gasteiger partial charge is 0.332 e. The van der Waals surface area contributed by atoms with E-state index in [1.54, 1.807) is 0 Å². The van der Waals surface area contributed by atoms with E-state index in [9.17, 15) is 4.79 Å². The summed E-state index contributed by atoms with van der Waals surface area (Å²) >= 11 is 3.46. The lowest BCUT2D eigenvalue weighted by Gasteiger charge is -2.16. The molecule has 2 aromatic rings. The quantitative estimate of drug-likeness (QED) is 0.731. The Morgan fingerprint density at radius 3 is 2.42 bits per heavy atom. The highest BCUT2D eigenvalue weighted by Crippen LogP contribution is 2.23. The highest BCUT2D eigenvalue weighted by molar-refractivity contribution is 9.10. The predicted molar refractivity (Wildman–Crippen MR) is 103 cm³/mol. The maximum absolute atomic E-state index is 12.3. The van der Waals surface area contributed by atoms with Crippen molar-refractivity contribution in [2.45, 2.75) is 39.2 Å². The fraction of sp³-hybridized carbons (Fsp3) is 0.350. The van der Waals surface area contributed by atoms with Gasteiger partial charge in [0.2, 0.25) is 0 Å². The first-order valence-electron chi connectivity index (χ1n) is 8.48. The van der Waals surface area contributed by atoms with Gasteiger partial charge < -0.3 is 10.6 Å². The van der Waals surface area contributed by atoms with Gasteiger partial charge in [-0.3, -0.25) is 4.79 Å². The summed E-state index contributed by atoms with van der Waals surface area (Å²) in [4.78, 5) is 12.3. The number of hydrogen-bond acceptors (Lipinski definition) is 1. The Morgan fingerprint density at radius 1 is 1.12 bits per heavy atom. The van der Waals surface area contributed by atoms with E-state index in [1.807, 2.05) is 30.3 Å². The van der Waals surface area contributed by atoms with Gasteiger partial charge in [0.1, 0.15) is 6.04 Å². The summed E-state index contributed by atoms with van der Waals surface area (Å²) in [6, 6.07) is 16.6. The molecule has 3 nitrogen and oxygen atoms in total. The Balaban J connectivity index is 1.96. The molecule has 0 saturated carbocycles. The fourth-order valence-corrected chi connectivity index (χ4v) is 3.08. The first kappa shape index (κ1) is 18.7. The molecule has 0 unspecified atom stereocenters. The van der Waals surface area contributed by atoms with Gasteiger partial charge in [0.15, 0.2) is 6.54 Å². The molecular formula is C20H26BrN2O+. The Morgan fingerprint density at radius 2 is 1.79 bits per heavy atom. The van der Waals surface area contributed by atoms with Crippen LogP contribution in [0.3, 0.4) is 0 Å². The first-order chi connectivity index (χ1) is 11.5. The van der Waals surface area contributed by atoms with Crippen molar-refractivity contribution in [1.82, 2.24) is 0 Å². The van der Waals surface area contributed by atoms with E-state index in [-0.39, 0.29) is 5.91 Å². The minimum atomic E-state index is 0.0404. The van der Waals surface area contributed by atoms with Gasteiger partial charge in [-0.25, -0.2) is 0 Å². The summed E-state index contributed by atoms with van der Waals surface area (Å²) in [5, 5.41) is 5.16. The maximum atomic E-state index is 12.3. The Hall–Kier alpha value is -1.65. The van der Waals surface area contributed by atoms with Gasteiger partial charge in [-0.15, -0.1) is 0 Å². The topological polar surface area (TPSA) is 45.7 Å². The van der Waals surface area contributed by atoms with Crippen LogP contribution in [0.15, 0.2) is 53.0 Å². The van der Waals surface area contributed by atoms with Crippen molar-refractivity contribution < 1.29 is 10.1 Å². The predicted octanol–water partition coefficient (Wildman–Crippen LogP) is 4.23. The van der Waals surface area contributed by atoms with Gasteiger partial charge >= 0.3 is 0 Å².